The molecule has 0 radical (unpaired) electrons. The Morgan fingerprint density at radius 2 is 2.07 bits per heavy atom. The van der Waals surface area contributed by atoms with Gasteiger partial charge in [0, 0.05) is 43.0 Å². The topological polar surface area (TPSA) is 65.5 Å². The molecule has 1 fully saturated rings. The Hall–Kier alpha value is -3.15. The van der Waals surface area contributed by atoms with E-state index in [0.717, 1.165) is 12.8 Å². The Labute approximate surface area is 159 Å². The molecule has 0 saturated carbocycles. The zero-order valence-electron chi connectivity index (χ0n) is 14.8. The number of nitriles is 1. The van der Waals surface area contributed by atoms with E-state index in [1.54, 1.807) is 6.08 Å². The molecule has 0 spiro atoms. The molecule has 1 aromatic carbocycles. The van der Waals surface area contributed by atoms with Crippen molar-refractivity contribution in [2.45, 2.75) is 25.5 Å². The van der Waals surface area contributed by atoms with Crippen LogP contribution in [0, 0.1) is 17.1 Å². The summed E-state index contributed by atoms with van der Waals surface area (Å²) in [6, 6.07) is 5.05. The van der Waals surface area contributed by atoms with E-state index in [1.807, 2.05) is 17.0 Å². The molecule has 0 N–H and O–H groups in total. The predicted molar refractivity (Wildman–Crippen MR) is 95.9 cm³/mol. The summed E-state index contributed by atoms with van der Waals surface area (Å²) in [5.74, 6) is -1.09. The highest BCUT2D eigenvalue weighted by atomic mass is 19.3. The molecule has 2 aromatic rings. The lowest BCUT2D eigenvalue weighted by Crippen LogP contribution is -2.46. The molecule has 4 rings (SSSR count). The molecule has 28 heavy (non-hydrogen) atoms. The normalized spacial score (nSPS) is 17.0. The van der Waals surface area contributed by atoms with E-state index in [4.69, 9.17) is 9.68 Å². The Morgan fingerprint density at radius 1 is 1.29 bits per heavy atom. The fraction of sp³-hybridized carbons (Fsp3) is 0.368. The van der Waals surface area contributed by atoms with Crippen molar-refractivity contribution in [3.05, 3.63) is 41.5 Å². The number of hydrogen-bond donors (Lipinski definition) is 0. The van der Waals surface area contributed by atoms with Gasteiger partial charge in [-0.25, -0.2) is 9.37 Å². The van der Waals surface area contributed by atoms with Gasteiger partial charge in [-0.15, -0.1) is 0 Å². The molecule has 146 valence electrons. The second kappa shape index (κ2) is 7.46. The fourth-order valence-electron chi connectivity index (χ4n) is 3.70. The minimum Gasteiger partial charge on any atom is -0.432 e. The lowest BCUT2D eigenvalue weighted by Gasteiger charge is -2.40. The molecule has 2 aliphatic heterocycles. The Balaban J connectivity index is 1.50. The van der Waals surface area contributed by atoms with Crippen LogP contribution in [0.1, 0.15) is 24.2 Å². The molecule has 1 saturated heterocycles. The number of oxazole rings is 1. The van der Waals surface area contributed by atoms with Gasteiger partial charge in [0.25, 0.3) is 6.01 Å². The third-order valence-electron chi connectivity index (χ3n) is 4.99. The molecule has 1 aromatic heterocycles. The molecule has 3 heterocycles. The average Bonchev–Trinajstić information content (AvgIpc) is 3.17. The lowest BCUT2D eigenvalue weighted by molar-refractivity contribution is -0.0521. The van der Waals surface area contributed by atoms with Gasteiger partial charge in [-0.05, 0) is 18.9 Å². The van der Waals surface area contributed by atoms with Crippen molar-refractivity contribution < 1.29 is 22.3 Å². The van der Waals surface area contributed by atoms with Crippen LogP contribution < -0.4 is 14.5 Å². The van der Waals surface area contributed by atoms with Crippen molar-refractivity contribution in [3.63, 3.8) is 0 Å². The summed E-state index contributed by atoms with van der Waals surface area (Å²) in [6.45, 7) is -1.13. The van der Waals surface area contributed by atoms with E-state index in [9.17, 15) is 13.2 Å². The van der Waals surface area contributed by atoms with Gasteiger partial charge in [0.05, 0.1) is 6.20 Å². The van der Waals surface area contributed by atoms with E-state index >= 15 is 0 Å². The van der Waals surface area contributed by atoms with Crippen LogP contribution >= 0.6 is 0 Å². The number of halogens is 3. The van der Waals surface area contributed by atoms with Gasteiger partial charge in [0.1, 0.15) is 6.07 Å². The summed E-state index contributed by atoms with van der Waals surface area (Å²) >= 11 is 0. The van der Waals surface area contributed by atoms with Gasteiger partial charge >= 0.3 is 6.61 Å². The van der Waals surface area contributed by atoms with E-state index in [0.29, 0.717) is 36.9 Å². The first-order chi connectivity index (χ1) is 13.5. The number of benzene rings is 1. The number of alkyl halides is 2. The first kappa shape index (κ1) is 18.2. The van der Waals surface area contributed by atoms with Gasteiger partial charge in [0.2, 0.25) is 5.76 Å². The monoisotopic (exact) mass is 390 g/mol. The van der Waals surface area contributed by atoms with Crippen molar-refractivity contribution in [3.8, 4) is 11.8 Å². The predicted octanol–water partition coefficient (Wildman–Crippen LogP) is 3.79. The average molecular weight is 390 g/mol. The van der Waals surface area contributed by atoms with Crippen LogP contribution in [0.15, 0.2) is 28.8 Å². The Kier molecular flexibility index (Phi) is 4.86. The summed E-state index contributed by atoms with van der Waals surface area (Å²) in [5.41, 5.74) is 1.32. The largest absolute Gasteiger partial charge is 0.432 e. The van der Waals surface area contributed by atoms with Crippen LogP contribution in [-0.4, -0.2) is 37.3 Å². The molecule has 0 atom stereocenters. The van der Waals surface area contributed by atoms with Gasteiger partial charge in [-0.2, -0.15) is 14.0 Å². The second-order valence-corrected chi connectivity index (χ2v) is 6.61. The standard InChI is InChI=1S/C19H17F3N4O2/c20-15-8-12-2-1-5-26(16(12)9-17(15)28-18(21)22)13-3-6-25(7-4-13)19-24-11-14(10-23)27-19/h1-2,8-9,11,13,18H,3-7H2. The summed E-state index contributed by atoms with van der Waals surface area (Å²) in [5, 5.41) is 8.85. The highest BCUT2D eigenvalue weighted by Gasteiger charge is 2.29. The summed E-state index contributed by atoms with van der Waals surface area (Å²) in [4.78, 5) is 8.17. The number of anilines is 2. The van der Waals surface area contributed by atoms with E-state index in [1.165, 1.54) is 18.3 Å². The van der Waals surface area contributed by atoms with Crippen LogP contribution in [0.4, 0.5) is 24.9 Å². The summed E-state index contributed by atoms with van der Waals surface area (Å²) < 4.78 is 48.8. The lowest BCUT2D eigenvalue weighted by atomic mass is 9.98. The second-order valence-electron chi connectivity index (χ2n) is 6.61. The van der Waals surface area contributed by atoms with Crippen LogP contribution in [-0.2, 0) is 0 Å². The van der Waals surface area contributed by atoms with Crippen molar-refractivity contribution in [1.82, 2.24) is 4.98 Å². The number of aromatic nitrogens is 1. The molecule has 6 nitrogen and oxygen atoms in total. The zero-order valence-corrected chi connectivity index (χ0v) is 14.8. The molecule has 0 bridgehead atoms. The summed E-state index contributed by atoms with van der Waals surface area (Å²) in [7, 11) is 0. The number of rotatable bonds is 4. The third kappa shape index (κ3) is 3.50. The highest BCUT2D eigenvalue weighted by molar-refractivity contribution is 5.73. The van der Waals surface area contributed by atoms with E-state index in [2.05, 4.69) is 14.6 Å². The zero-order chi connectivity index (χ0) is 19.7. The number of nitrogens with zero attached hydrogens (tertiary/aromatic N) is 4. The fourth-order valence-corrected chi connectivity index (χ4v) is 3.70. The molecule has 2 aliphatic rings. The molecule has 0 unspecified atom stereocenters. The number of fused-ring (bicyclic) bond motifs is 1. The van der Waals surface area contributed by atoms with Crippen molar-refractivity contribution >= 4 is 17.8 Å². The number of ether oxygens (including phenoxy) is 1. The quantitative estimate of drug-likeness (QED) is 0.792. The first-order valence-electron chi connectivity index (χ1n) is 8.87. The minimum atomic E-state index is -3.08. The maximum atomic E-state index is 14.0. The van der Waals surface area contributed by atoms with Crippen LogP contribution in [0.5, 0.6) is 5.75 Å². The maximum Gasteiger partial charge on any atom is 0.387 e. The third-order valence-corrected chi connectivity index (χ3v) is 4.99. The van der Waals surface area contributed by atoms with Crippen molar-refractivity contribution in [2.24, 2.45) is 0 Å². The number of piperidine rings is 1. The molecular weight excluding hydrogens is 373 g/mol. The number of hydrogen-bond acceptors (Lipinski definition) is 6. The van der Waals surface area contributed by atoms with Gasteiger partial charge in [0.15, 0.2) is 11.6 Å². The molecule has 0 aliphatic carbocycles. The van der Waals surface area contributed by atoms with Crippen LogP contribution in [0.25, 0.3) is 6.08 Å². The van der Waals surface area contributed by atoms with Crippen LogP contribution in [0.3, 0.4) is 0 Å². The smallest absolute Gasteiger partial charge is 0.387 e. The highest BCUT2D eigenvalue weighted by Crippen LogP contribution is 2.36. The molecular formula is C19H17F3N4O2. The van der Waals surface area contributed by atoms with Gasteiger partial charge in [-0.3, -0.25) is 0 Å². The summed E-state index contributed by atoms with van der Waals surface area (Å²) in [6.07, 6.45) is 6.66. The van der Waals surface area contributed by atoms with E-state index in [-0.39, 0.29) is 11.8 Å². The minimum absolute atomic E-state index is 0.148. The SMILES string of the molecule is N#Cc1cnc(N2CCC(N3CC=Cc4cc(F)c(OC(F)F)cc43)CC2)o1. The van der Waals surface area contributed by atoms with Crippen LogP contribution in [0.2, 0.25) is 0 Å². The van der Waals surface area contributed by atoms with Crippen molar-refractivity contribution in [2.75, 3.05) is 29.4 Å². The Bertz CT molecular complexity index is 930. The van der Waals surface area contributed by atoms with Crippen molar-refractivity contribution in [1.29, 1.82) is 5.26 Å². The van der Waals surface area contributed by atoms with Gasteiger partial charge < -0.3 is 19.0 Å². The van der Waals surface area contributed by atoms with E-state index < -0.39 is 18.2 Å². The molecule has 9 heteroatoms. The molecule has 0 amide bonds. The first-order valence-corrected chi connectivity index (χ1v) is 8.87. The Morgan fingerprint density at radius 3 is 2.75 bits per heavy atom. The van der Waals surface area contributed by atoms with Gasteiger partial charge in [-0.1, -0.05) is 12.2 Å². The maximum absolute atomic E-state index is 14.0.